The smallest absolute Gasteiger partial charge is 0.313 e. The van der Waals surface area contributed by atoms with E-state index in [0.717, 1.165) is 0 Å². The summed E-state index contributed by atoms with van der Waals surface area (Å²) in [6.45, 7) is 5.10. The van der Waals surface area contributed by atoms with E-state index in [2.05, 4.69) is 6.58 Å². The molecule has 0 saturated heterocycles. The third-order valence-electron chi connectivity index (χ3n) is 2.30. The average Bonchev–Trinajstić information content (AvgIpc) is 2.34. The Labute approximate surface area is 98.9 Å². The van der Waals surface area contributed by atoms with E-state index in [1.165, 1.54) is 12.1 Å². The molecule has 0 spiro atoms. The summed E-state index contributed by atoms with van der Waals surface area (Å²) in [6.07, 6.45) is 1.45. The molecule has 17 heavy (non-hydrogen) atoms. The summed E-state index contributed by atoms with van der Waals surface area (Å²) < 4.78 is 4.86. The number of ether oxygens (including phenoxy) is 1. The minimum Gasteiger partial charge on any atom is -0.461 e. The van der Waals surface area contributed by atoms with Crippen molar-refractivity contribution in [2.75, 3.05) is 6.61 Å². The molecule has 0 fully saturated rings. The Kier molecular flexibility index (Phi) is 4.39. The number of nitro benzene ring substituents is 1. The molecule has 0 aliphatic rings. The predicted octanol–water partition coefficient (Wildman–Crippen LogP) is 2.43. The number of esters is 1. The first-order chi connectivity index (χ1) is 8.07. The van der Waals surface area contributed by atoms with E-state index in [0.29, 0.717) is 5.56 Å². The van der Waals surface area contributed by atoms with Crippen molar-refractivity contribution in [3.05, 3.63) is 52.6 Å². The van der Waals surface area contributed by atoms with Gasteiger partial charge in [0.25, 0.3) is 5.69 Å². The molecule has 1 rings (SSSR count). The van der Waals surface area contributed by atoms with Crippen LogP contribution < -0.4 is 0 Å². The molecule has 0 aliphatic heterocycles. The van der Waals surface area contributed by atoms with Gasteiger partial charge in [-0.15, -0.1) is 0 Å². The number of hydrogen-bond donors (Lipinski definition) is 0. The lowest BCUT2D eigenvalue weighted by Crippen LogP contribution is -2.14. The van der Waals surface area contributed by atoms with Gasteiger partial charge in [-0.3, -0.25) is 14.9 Å². The molecule has 5 nitrogen and oxygen atoms in total. The highest BCUT2D eigenvalue weighted by Gasteiger charge is 2.24. The molecule has 0 heterocycles. The van der Waals surface area contributed by atoms with Crippen molar-refractivity contribution in [1.29, 1.82) is 0 Å². The second-order valence-corrected chi connectivity index (χ2v) is 3.46. The summed E-state index contributed by atoms with van der Waals surface area (Å²) in [5.41, 5.74) is 0.280. The Morgan fingerprint density at radius 1 is 1.59 bits per heavy atom. The van der Waals surface area contributed by atoms with Crippen LogP contribution in [-0.2, 0) is 9.53 Å². The van der Waals surface area contributed by atoms with Gasteiger partial charge >= 0.3 is 5.97 Å². The lowest BCUT2D eigenvalue weighted by Gasteiger charge is -2.10. The zero-order chi connectivity index (χ0) is 12.8. The van der Waals surface area contributed by atoms with Crippen molar-refractivity contribution >= 4 is 11.7 Å². The molecule has 0 bridgehead atoms. The van der Waals surface area contributed by atoms with Crippen molar-refractivity contribution in [2.24, 2.45) is 0 Å². The highest BCUT2D eigenvalue weighted by molar-refractivity contribution is 5.79. The van der Waals surface area contributed by atoms with E-state index in [1.54, 1.807) is 25.1 Å². The van der Waals surface area contributed by atoms with Crippen LogP contribution in [0.5, 0.6) is 0 Å². The lowest BCUT2D eigenvalue weighted by molar-refractivity contribution is -0.385. The maximum Gasteiger partial charge on any atom is 0.313 e. The fourth-order valence-corrected chi connectivity index (χ4v) is 1.41. The second kappa shape index (κ2) is 5.79. The molecule has 5 heteroatoms. The normalized spacial score (nSPS) is 11.6. The Morgan fingerprint density at radius 2 is 2.24 bits per heavy atom. The van der Waals surface area contributed by atoms with Crippen LogP contribution in [0, 0.1) is 10.1 Å². The number of para-hydroxylation sites is 1. The minimum absolute atomic E-state index is 0.0736. The van der Waals surface area contributed by atoms with Gasteiger partial charge in [-0.2, -0.15) is 0 Å². The molecule has 0 saturated carbocycles. The number of rotatable bonds is 5. The van der Waals surface area contributed by atoms with Gasteiger partial charge in [0.1, 0.15) is 6.61 Å². The number of hydrogen-bond acceptors (Lipinski definition) is 4. The average molecular weight is 235 g/mol. The number of carbonyl (C=O) groups excluding carboxylic acids is 1. The van der Waals surface area contributed by atoms with E-state index in [4.69, 9.17) is 4.74 Å². The lowest BCUT2D eigenvalue weighted by atomic mass is 9.99. The monoisotopic (exact) mass is 235 g/mol. The maximum atomic E-state index is 11.6. The molecule has 90 valence electrons. The van der Waals surface area contributed by atoms with E-state index in [9.17, 15) is 14.9 Å². The summed E-state index contributed by atoms with van der Waals surface area (Å²) in [5, 5.41) is 10.8. The minimum atomic E-state index is -0.670. The van der Waals surface area contributed by atoms with Crippen molar-refractivity contribution < 1.29 is 14.5 Å². The Morgan fingerprint density at radius 3 is 2.82 bits per heavy atom. The van der Waals surface area contributed by atoms with Gasteiger partial charge in [0.15, 0.2) is 0 Å². The fourth-order valence-electron chi connectivity index (χ4n) is 1.41. The number of nitrogens with zero attached hydrogens (tertiary/aromatic N) is 1. The highest BCUT2D eigenvalue weighted by atomic mass is 16.6. The van der Waals surface area contributed by atoms with Crippen LogP contribution in [0.15, 0.2) is 36.9 Å². The molecular formula is C12H13NO4. The summed E-state index contributed by atoms with van der Waals surface area (Å²) in [5.74, 6) is -1.17. The van der Waals surface area contributed by atoms with Crippen LogP contribution in [0.2, 0.25) is 0 Å². The largest absolute Gasteiger partial charge is 0.461 e. The van der Waals surface area contributed by atoms with Gasteiger partial charge in [-0.1, -0.05) is 30.9 Å². The van der Waals surface area contributed by atoms with Gasteiger partial charge in [0.2, 0.25) is 0 Å². The van der Waals surface area contributed by atoms with E-state index < -0.39 is 16.8 Å². The zero-order valence-corrected chi connectivity index (χ0v) is 9.46. The quantitative estimate of drug-likeness (QED) is 0.340. The molecule has 1 unspecified atom stereocenters. The molecular weight excluding hydrogens is 222 g/mol. The topological polar surface area (TPSA) is 69.4 Å². The zero-order valence-electron chi connectivity index (χ0n) is 9.46. The first-order valence-corrected chi connectivity index (χ1v) is 5.08. The van der Waals surface area contributed by atoms with E-state index in [-0.39, 0.29) is 12.3 Å². The van der Waals surface area contributed by atoms with Crippen LogP contribution in [0.1, 0.15) is 18.4 Å². The summed E-state index contributed by atoms with van der Waals surface area (Å²) >= 11 is 0. The summed E-state index contributed by atoms with van der Waals surface area (Å²) in [7, 11) is 0. The highest BCUT2D eigenvalue weighted by Crippen LogP contribution is 2.26. The molecule has 0 aliphatic carbocycles. The van der Waals surface area contributed by atoms with E-state index in [1.807, 2.05) is 0 Å². The van der Waals surface area contributed by atoms with Crippen molar-refractivity contribution in [3.63, 3.8) is 0 Å². The Hall–Kier alpha value is -2.17. The summed E-state index contributed by atoms with van der Waals surface area (Å²) in [6, 6.07) is 6.13. The first kappa shape index (κ1) is 12.9. The van der Waals surface area contributed by atoms with Crippen LogP contribution in [0.25, 0.3) is 0 Å². The van der Waals surface area contributed by atoms with Gasteiger partial charge in [0.05, 0.1) is 10.8 Å². The molecule has 0 aromatic heterocycles. The molecule has 0 radical (unpaired) electrons. The van der Waals surface area contributed by atoms with Crippen LogP contribution in [-0.4, -0.2) is 17.5 Å². The second-order valence-electron chi connectivity index (χ2n) is 3.46. The number of benzene rings is 1. The van der Waals surface area contributed by atoms with Crippen molar-refractivity contribution in [1.82, 2.24) is 0 Å². The Balaban J connectivity index is 2.95. The van der Waals surface area contributed by atoms with Crippen molar-refractivity contribution in [3.8, 4) is 0 Å². The number of carbonyl (C=O) groups is 1. The Bertz CT molecular complexity index is 442. The molecule has 0 N–H and O–H groups in total. The van der Waals surface area contributed by atoms with Gasteiger partial charge < -0.3 is 4.74 Å². The third-order valence-corrected chi connectivity index (χ3v) is 2.30. The standard InChI is InChI=1S/C12H13NO4/c1-3-8-17-12(14)9(2)10-6-4-5-7-11(10)13(15)16/h3-7,9H,1,8H2,2H3. The fraction of sp³-hybridized carbons (Fsp3) is 0.250. The maximum absolute atomic E-state index is 11.6. The molecule has 1 aromatic carbocycles. The van der Waals surface area contributed by atoms with Crippen LogP contribution in [0.4, 0.5) is 5.69 Å². The third kappa shape index (κ3) is 3.14. The van der Waals surface area contributed by atoms with Gasteiger partial charge in [-0.05, 0) is 6.92 Å². The molecule has 1 aromatic rings. The van der Waals surface area contributed by atoms with Crippen molar-refractivity contribution in [2.45, 2.75) is 12.8 Å². The van der Waals surface area contributed by atoms with Crippen LogP contribution >= 0.6 is 0 Å². The molecule has 0 amide bonds. The summed E-state index contributed by atoms with van der Waals surface area (Å²) in [4.78, 5) is 21.9. The SMILES string of the molecule is C=CCOC(=O)C(C)c1ccccc1[N+](=O)[O-]. The number of nitro groups is 1. The first-order valence-electron chi connectivity index (χ1n) is 5.08. The predicted molar refractivity (Wildman–Crippen MR) is 62.7 cm³/mol. The van der Waals surface area contributed by atoms with E-state index >= 15 is 0 Å². The van der Waals surface area contributed by atoms with Crippen LogP contribution in [0.3, 0.4) is 0 Å². The van der Waals surface area contributed by atoms with Gasteiger partial charge in [0, 0.05) is 11.6 Å². The molecule has 1 atom stereocenters. The van der Waals surface area contributed by atoms with Gasteiger partial charge in [-0.25, -0.2) is 0 Å².